The molecule has 23 heavy (non-hydrogen) atoms. The Morgan fingerprint density at radius 3 is 2.43 bits per heavy atom. The Kier molecular flexibility index (Phi) is 5.06. The van der Waals surface area contributed by atoms with Gasteiger partial charge in [-0.25, -0.2) is 4.68 Å². The number of hydrogen-bond acceptors (Lipinski definition) is 3. The smallest absolute Gasteiger partial charge is 0.119 e. The van der Waals surface area contributed by atoms with Crippen molar-refractivity contribution in [1.82, 2.24) is 14.7 Å². The van der Waals surface area contributed by atoms with Gasteiger partial charge >= 0.3 is 0 Å². The van der Waals surface area contributed by atoms with Gasteiger partial charge in [-0.1, -0.05) is 36.4 Å². The lowest BCUT2D eigenvalue weighted by molar-refractivity contribution is 0.233. The molecule has 0 atom stereocenters. The van der Waals surface area contributed by atoms with Gasteiger partial charge in [0, 0.05) is 24.8 Å². The topological polar surface area (TPSA) is 30.3 Å². The number of hydrogen-bond donors (Lipinski definition) is 0. The molecular formula is C19H21N3O. The van der Waals surface area contributed by atoms with E-state index in [1.54, 1.807) is 0 Å². The molecule has 0 radical (unpaired) electrons. The van der Waals surface area contributed by atoms with E-state index in [1.165, 1.54) is 5.56 Å². The molecule has 2 aromatic carbocycles. The van der Waals surface area contributed by atoms with E-state index in [0.29, 0.717) is 6.61 Å². The Labute approximate surface area is 136 Å². The molecule has 0 N–H and O–H groups in total. The Balaban J connectivity index is 1.48. The molecule has 0 saturated carbocycles. The molecule has 0 saturated heterocycles. The molecular weight excluding hydrogens is 286 g/mol. The van der Waals surface area contributed by atoms with Gasteiger partial charge < -0.3 is 4.74 Å². The highest BCUT2D eigenvalue weighted by Crippen LogP contribution is 2.10. The van der Waals surface area contributed by atoms with Crippen LogP contribution >= 0.6 is 0 Å². The second kappa shape index (κ2) is 7.61. The molecule has 0 fully saturated rings. The number of para-hydroxylation sites is 2. The summed E-state index contributed by atoms with van der Waals surface area (Å²) in [6, 6.07) is 20.1. The molecule has 0 aliphatic rings. The average molecular weight is 307 g/mol. The predicted octanol–water partition coefficient (Wildman–Crippen LogP) is 3.38. The van der Waals surface area contributed by atoms with E-state index in [4.69, 9.17) is 4.74 Å². The maximum absolute atomic E-state index is 5.73. The zero-order valence-electron chi connectivity index (χ0n) is 13.3. The van der Waals surface area contributed by atoms with Gasteiger partial charge in [0.2, 0.25) is 0 Å². The molecule has 0 aliphatic heterocycles. The van der Waals surface area contributed by atoms with E-state index < -0.39 is 0 Å². The maximum Gasteiger partial charge on any atom is 0.119 e. The minimum Gasteiger partial charge on any atom is -0.492 e. The number of benzene rings is 2. The summed E-state index contributed by atoms with van der Waals surface area (Å²) in [4.78, 5) is 2.23. The third-order valence-electron chi connectivity index (χ3n) is 3.59. The first-order valence-electron chi connectivity index (χ1n) is 7.76. The summed E-state index contributed by atoms with van der Waals surface area (Å²) < 4.78 is 7.63. The molecule has 4 nitrogen and oxygen atoms in total. The van der Waals surface area contributed by atoms with E-state index in [-0.39, 0.29) is 0 Å². The highest BCUT2D eigenvalue weighted by molar-refractivity contribution is 5.30. The van der Waals surface area contributed by atoms with Gasteiger partial charge in [0.15, 0.2) is 0 Å². The Morgan fingerprint density at radius 1 is 1.00 bits per heavy atom. The van der Waals surface area contributed by atoms with Crippen LogP contribution in [0.4, 0.5) is 0 Å². The predicted molar refractivity (Wildman–Crippen MR) is 91.8 cm³/mol. The van der Waals surface area contributed by atoms with Crippen molar-refractivity contribution in [2.45, 2.75) is 6.54 Å². The Morgan fingerprint density at radius 2 is 1.70 bits per heavy atom. The van der Waals surface area contributed by atoms with Crippen LogP contribution in [0.1, 0.15) is 5.56 Å². The first kappa shape index (κ1) is 15.3. The Hall–Kier alpha value is -2.59. The summed E-state index contributed by atoms with van der Waals surface area (Å²) in [6.07, 6.45) is 3.99. The van der Waals surface area contributed by atoms with Gasteiger partial charge in [0.05, 0.1) is 11.9 Å². The lowest BCUT2D eigenvalue weighted by Crippen LogP contribution is -2.23. The van der Waals surface area contributed by atoms with E-state index in [1.807, 2.05) is 71.5 Å². The van der Waals surface area contributed by atoms with Crippen molar-refractivity contribution in [2.24, 2.45) is 0 Å². The normalized spacial score (nSPS) is 10.9. The molecule has 1 heterocycles. The van der Waals surface area contributed by atoms with E-state index in [0.717, 1.165) is 24.5 Å². The second-order valence-corrected chi connectivity index (χ2v) is 5.53. The molecule has 0 amide bonds. The van der Waals surface area contributed by atoms with Crippen LogP contribution in [-0.4, -0.2) is 34.9 Å². The highest BCUT2D eigenvalue weighted by Gasteiger charge is 2.04. The second-order valence-electron chi connectivity index (χ2n) is 5.53. The number of likely N-dealkylation sites (N-methyl/N-ethyl adjacent to an activating group) is 1. The fourth-order valence-electron chi connectivity index (χ4n) is 2.39. The number of ether oxygens (including phenoxy) is 1. The van der Waals surface area contributed by atoms with Gasteiger partial charge in [-0.3, -0.25) is 4.90 Å². The largest absolute Gasteiger partial charge is 0.492 e. The monoisotopic (exact) mass is 307 g/mol. The molecule has 1 aromatic heterocycles. The van der Waals surface area contributed by atoms with Crippen molar-refractivity contribution in [3.05, 3.63) is 78.6 Å². The molecule has 0 unspecified atom stereocenters. The average Bonchev–Trinajstić information content (AvgIpc) is 3.05. The Bertz CT molecular complexity index is 710. The summed E-state index contributed by atoms with van der Waals surface area (Å²) in [5, 5.41) is 4.43. The van der Waals surface area contributed by atoms with Crippen molar-refractivity contribution in [2.75, 3.05) is 20.2 Å². The molecule has 3 rings (SSSR count). The standard InChI is InChI=1S/C19H21N3O/c1-21(12-13-23-19-10-6-3-7-11-19)15-17-14-20-22(16-17)18-8-4-2-5-9-18/h2-11,14,16H,12-13,15H2,1H3. The van der Waals surface area contributed by atoms with Crippen LogP contribution in [0.3, 0.4) is 0 Å². The van der Waals surface area contributed by atoms with Crippen LogP contribution in [0.2, 0.25) is 0 Å². The van der Waals surface area contributed by atoms with Crippen LogP contribution in [0, 0.1) is 0 Å². The summed E-state index contributed by atoms with van der Waals surface area (Å²) in [7, 11) is 2.09. The summed E-state index contributed by atoms with van der Waals surface area (Å²) in [5.41, 5.74) is 2.27. The molecule has 0 bridgehead atoms. The molecule has 0 aliphatic carbocycles. The van der Waals surface area contributed by atoms with Crippen molar-refractivity contribution in [3.63, 3.8) is 0 Å². The zero-order valence-corrected chi connectivity index (χ0v) is 13.3. The van der Waals surface area contributed by atoms with Crippen LogP contribution < -0.4 is 4.74 Å². The van der Waals surface area contributed by atoms with Crippen LogP contribution in [0.5, 0.6) is 5.75 Å². The van der Waals surface area contributed by atoms with Gasteiger partial charge in [0.1, 0.15) is 12.4 Å². The van der Waals surface area contributed by atoms with E-state index >= 15 is 0 Å². The van der Waals surface area contributed by atoms with Gasteiger partial charge in [0.25, 0.3) is 0 Å². The third kappa shape index (κ3) is 4.44. The number of aromatic nitrogens is 2. The molecule has 3 aromatic rings. The summed E-state index contributed by atoms with van der Waals surface area (Å²) in [5.74, 6) is 0.915. The van der Waals surface area contributed by atoms with Crippen LogP contribution in [-0.2, 0) is 6.54 Å². The lowest BCUT2D eigenvalue weighted by Gasteiger charge is -2.15. The zero-order chi connectivity index (χ0) is 15.9. The maximum atomic E-state index is 5.73. The third-order valence-corrected chi connectivity index (χ3v) is 3.59. The fourth-order valence-corrected chi connectivity index (χ4v) is 2.39. The van der Waals surface area contributed by atoms with Crippen molar-refractivity contribution in [1.29, 1.82) is 0 Å². The van der Waals surface area contributed by atoms with Crippen LogP contribution in [0.15, 0.2) is 73.1 Å². The molecule has 118 valence electrons. The highest BCUT2D eigenvalue weighted by atomic mass is 16.5. The quantitative estimate of drug-likeness (QED) is 0.670. The lowest BCUT2D eigenvalue weighted by atomic mass is 10.3. The molecule has 0 spiro atoms. The van der Waals surface area contributed by atoms with Gasteiger partial charge in [-0.05, 0) is 31.3 Å². The van der Waals surface area contributed by atoms with Gasteiger partial charge in [-0.2, -0.15) is 5.10 Å². The van der Waals surface area contributed by atoms with E-state index in [9.17, 15) is 0 Å². The minimum atomic E-state index is 0.674. The fraction of sp³-hybridized carbons (Fsp3) is 0.211. The molecule has 4 heteroatoms. The summed E-state index contributed by atoms with van der Waals surface area (Å²) in [6.45, 7) is 2.39. The summed E-state index contributed by atoms with van der Waals surface area (Å²) >= 11 is 0. The first-order valence-corrected chi connectivity index (χ1v) is 7.76. The minimum absolute atomic E-state index is 0.674. The SMILES string of the molecule is CN(CCOc1ccccc1)Cc1cnn(-c2ccccc2)c1. The van der Waals surface area contributed by atoms with Crippen molar-refractivity contribution in [3.8, 4) is 11.4 Å². The number of nitrogens with zero attached hydrogens (tertiary/aromatic N) is 3. The van der Waals surface area contributed by atoms with Crippen molar-refractivity contribution >= 4 is 0 Å². The van der Waals surface area contributed by atoms with E-state index in [2.05, 4.69) is 23.2 Å². The van der Waals surface area contributed by atoms with Gasteiger partial charge in [-0.15, -0.1) is 0 Å². The van der Waals surface area contributed by atoms with Crippen LogP contribution in [0.25, 0.3) is 5.69 Å². The first-order chi connectivity index (χ1) is 11.3. The van der Waals surface area contributed by atoms with Crippen molar-refractivity contribution < 1.29 is 4.74 Å². The number of rotatable bonds is 7.